The summed E-state index contributed by atoms with van der Waals surface area (Å²) in [5.41, 5.74) is 5.91. The van der Waals surface area contributed by atoms with Crippen molar-refractivity contribution < 1.29 is 9.15 Å². The highest BCUT2D eigenvalue weighted by molar-refractivity contribution is 5.49. The van der Waals surface area contributed by atoms with Gasteiger partial charge in [0.05, 0.1) is 12.8 Å². The number of anilines is 2. The van der Waals surface area contributed by atoms with Gasteiger partial charge in [0.15, 0.2) is 5.82 Å². The Balaban J connectivity index is 1.82. The number of furan rings is 1. The second-order valence-corrected chi connectivity index (χ2v) is 5.14. The van der Waals surface area contributed by atoms with Gasteiger partial charge in [-0.05, 0) is 31.9 Å². The molecule has 1 aliphatic rings. The van der Waals surface area contributed by atoms with Crippen molar-refractivity contribution in [2.45, 2.75) is 39.0 Å². The molecular weight excluding hydrogens is 268 g/mol. The van der Waals surface area contributed by atoms with E-state index in [9.17, 15) is 0 Å². The fourth-order valence-electron chi connectivity index (χ4n) is 2.26. The Morgan fingerprint density at radius 3 is 2.95 bits per heavy atom. The van der Waals surface area contributed by atoms with E-state index in [1.807, 2.05) is 25.1 Å². The average Bonchev–Trinajstić information content (AvgIpc) is 3.18. The third kappa shape index (κ3) is 3.52. The first-order valence-corrected chi connectivity index (χ1v) is 7.26. The maximum Gasteiger partial charge on any atom is 0.158 e. The normalized spacial score (nSPS) is 14.3. The molecular formula is C15H20N4O2. The maximum atomic E-state index is 5.91. The van der Waals surface area contributed by atoms with E-state index in [4.69, 9.17) is 14.9 Å². The highest BCUT2D eigenvalue weighted by Crippen LogP contribution is 2.32. The lowest BCUT2D eigenvalue weighted by Crippen LogP contribution is -2.26. The summed E-state index contributed by atoms with van der Waals surface area (Å²) < 4.78 is 10.8. The van der Waals surface area contributed by atoms with Crippen molar-refractivity contribution in [2.24, 2.45) is 0 Å². The number of aromatic nitrogens is 2. The van der Waals surface area contributed by atoms with E-state index in [1.54, 1.807) is 6.26 Å². The molecule has 0 saturated heterocycles. The van der Waals surface area contributed by atoms with Crippen molar-refractivity contribution in [3.63, 3.8) is 0 Å². The molecule has 2 aromatic rings. The van der Waals surface area contributed by atoms with Gasteiger partial charge in [-0.1, -0.05) is 0 Å². The predicted octanol–water partition coefficient (Wildman–Crippen LogP) is 2.36. The molecule has 1 aliphatic carbocycles. The minimum absolute atomic E-state index is 0.383. The van der Waals surface area contributed by atoms with Crippen molar-refractivity contribution >= 4 is 11.6 Å². The lowest BCUT2D eigenvalue weighted by molar-refractivity contribution is 0.128. The second kappa shape index (κ2) is 6.13. The largest absolute Gasteiger partial charge is 0.467 e. The molecule has 6 heteroatoms. The number of hydrogen-bond acceptors (Lipinski definition) is 6. The molecule has 1 fully saturated rings. The lowest BCUT2D eigenvalue weighted by Gasteiger charge is -2.23. The van der Waals surface area contributed by atoms with Gasteiger partial charge in [-0.3, -0.25) is 0 Å². The van der Waals surface area contributed by atoms with Crippen LogP contribution in [-0.2, 0) is 17.9 Å². The quantitative estimate of drug-likeness (QED) is 0.842. The van der Waals surface area contributed by atoms with Crippen LogP contribution in [-0.4, -0.2) is 22.6 Å². The third-order valence-corrected chi connectivity index (χ3v) is 3.40. The van der Waals surface area contributed by atoms with E-state index in [2.05, 4.69) is 14.9 Å². The van der Waals surface area contributed by atoms with Crippen LogP contribution < -0.4 is 10.6 Å². The Morgan fingerprint density at radius 2 is 2.29 bits per heavy atom. The molecule has 0 aliphatic heterocycles. The summed E-state index contributed by atoms with van der Waals surface area (Å²) in [5, 5.41) is 0. The van der Waals surface area contributed by atoms with Gasteiger partial charge in [0, 0.05) is 18.7 Å². The molecule has 0 bridgehead atoms. The molecule has 0 aromatic carbocycles. The standard InChI is InChI=1S/C15H20N4O2/c1-2-20-10-14-17-13(16)8-15(18-14)19(11-5-6-11)9-12-4-3-7-21-12/h3-4,7-8,11H,2,5-6,9-10H2,1H3,(H2,16,17,18). The van der Waals surface area contributed by atoms with Crippen LogP contribution >= 0.6 is 0 Å². The van der Waals surface area contributed by atoms with E-state index >= 15 is 0 Å². The fraction of sp³-hybridized carbons (Fsp3) is 0.467. The fourth-order valence-corrected chi connectivity index (χ4v) is 2.26. The van der Waals surface area contributed by atoms with E-state index in [-0.39, 0.29) is 0 Å². The van der Waals surface area contributed by atoms with E-state index in [1.165, 1.54) is 12.8 Å². The zero-order valence-corrected chi connectivity index (χ0v) is 12.2. The first-order valence-electron chi connectivity index (χ1n) is 7.26. The van der Waals surface area contributed by atoms with Crippen molar-refractivity contribution in [1.29, 1.82) is 0 Å². The number of nitrogens with two attached hydrogens (primary N) is 1. The van der Waals surface area contributed by atoms with E-state index in [0.717, 1.165) is 11.6 Å². The summed E-state index contributed by atoms with van der Waals surface area (Å²) in [6.07, 6.45) is 4.03. The zero-order valence-electron chi connectivity index (χ0n) is 12.2. The molecule has 0 amide bonds. The molecule has 3 rings (SSSR count). The Bertz CT molecular complexity index is 581. The van der Waals surface area contributed by atoms with Crippen molar-refractivity contribution in [3.8, 4) is 0 Å². The molecule has 0 radical (unpaired) electrons. The molecule has 2 heterocycles. The number of nitrogens with zero attached hydrogens (tertiary/aromatic N) is 3. The molecule has 0 atom stereocenters. The highest BCUT2D eigenvalue weighted by Gasteiger charge is 2.31. The van der Waals surface area contributed by atoms with Gasteiger partial charge in [-0.2, -0.15) is 0 Å². The Hall–Kier alpha value is -2.08. The first kappa shape index (κ1) is 13.9. The SMILES string of the molecule is CCOCc1nc(N)cc(N(Cc2ccco2)C2CC2)n1. The number of rotatable bonds is 7. The molecule has 0 spiro atoms. The topological polar surface area (TPSA) is 77.4 Å². The monoisotopic (exact) mass is 288 g/mol. The number of ether oxygens (including phenoxy) is 1. The first-order chi connectivity index (χ1) is 10.3. The summed E-state index contributed by atoms with van der Waals surface area (Å²) in [7, 11) is 0. The number of nitrogen functional groups attached to an aromatic ring is 1. The molecule has 0 unspecified atom stereocenters. The smallest absolute Gasteiger partial charge is 0.158 e. The van der Waals surface area contributed by atoms with Crippen LogP contribution in [0.3, 0.4) is 0 Å². The maximum absolute atomic E-state index is 5.91. The predicted molar refractivity (Wildman–Crippen MR) is 79.7 cm³/mol. The van der Waals surface area contributed by atoms with Crippen LogP contribution in [0.4, 0.5) is 11.6 Å². The van der Waals surface area contributed by atoms with Gasteiger partial charge in [0.2, 0.25) is 0 Å². The Labute approximate surface area is 123 Å². The van der Waals surface area contributed by atoms with Crippen LogP contribution in [0.5, 0.6) is 0 Å². The van der Waals surface area contributed by atoms with Gasteiger partial charge in [-0.15, -0.1) is 0 Å². The van der Waals surface area contributed by atoms with Gasteiger partial charge >= 0.3 is 0 Å². The second-order valence-electron chi connectivity index (χ2n) is 5.14. The zero-order chi connectivity index (χ0) is 14.7. The molecule has 6 nitrogen and oxygen atoms in total. The van der Waals surface area contributed by atoms with Crippen molar-refractivity contribution in [3.05, 3.63) is 36.0 Å². The van der Waals surface area contributed by atoms with Crippen molar-refractivity contribution in [1.82, 2.24) is 9.97 Å². The average molecular weight is 288 g/mol. The van der Waals surface area contributed by atoms with Gasteiger partial charge < -0.3 is 19.8 Å². The van der Waals surface area contributed by atoms with E-state index < -0.39 is 0 Å². The van der Waals surface area contributed by atoms with Crippen LogP contribution in [0.25, 0.3) is 0 Å². The minimum atomic E-state index is 0.383. The van der Waals surface area contributed by atoms with Gasteiger partial charge in [-0.25, -0.2) is 9.97 Å². The Kier molecular flexibility index (Phi) is 4.06. The summed E-state index contributed by atoms with van der Waals surface area (Å²) in [5.74, 6) is 2.86. The molecule has 2 N–H and O–H groups in total. The summed E-state index contributed by atoms with van der Waals surface area (Å²) >= 11 is 0. The summed E-state index contributed by atoms with van der Waals surface area (Å²) in [4.78, 5) is 11.0. The van der Waals surface area contributed by atoms with Crippen LogP contribution in [0.15, 0.2) is 28.9 Å². The lowest BCUT2D eigenvalue weighted by atomic mass is 10.3. The van der Waals surface area contributed by atoms with Gasteiger partial charge in [0.1, 0.15) is 24.0 Å². The molecule has 112 valence electrons. The summed E-state index contributed by atoms with van der Waals surface area (Å²) in [6.45, 7) is 3.66. The third-order valence-electron chi connectivity index (χ3n) is 3.40. The van der Waals surface area contributed by atoms with Crippen LogP contribution in [0.2, 0.25) is 0 Å². The van der Waals surface area contributed by atoms with E-state index in [0.29, 0.717) is 37.4 Å². The highest BCUT2D eigenvalue weighted by atomic mass is 16.5. The summed E-state index contributed by atoms with van der Waals surface area (Å²) in [6, 6.07) is 6.19. The Morgan fingerprint density at radius 1 is 1.43 bits per heavy atom. The molecule has 2 aromatic heterocycles. The molecule has 21 heavy (non-hydrogen) atoms. The minimum Gasteiger partial charge on any atom is -0.467 e. The van der Waals surface area contributed by atoms with Crippen LogP contribution in [0, 0.1) is 0 Å². The number of hydrogen-bond donors (Lipinski definition) is 1. The molecule has 1 saturated carbocycles. The van der Waals surface area contributed by atoms with Crippen molar-refractivity contribution in [2.75, 3.05) is 17.2 Å². The van der Waals surface area contributed by atoms with Crippen LogP contribution in [0.1, 0.15) is 31.4 Å². The van der Waals surface area contributed by atoms with Gasteiger partial charge in [0.25, 0.3) is 0 Å².